The van der Waals surface area contributed by atoms with Crippen LogP contribution in [0.25, 0.3) is 0 Å². The zero-order chi connectivity index (χ0) is 17.6. The topological polar surface area (TPSA) is 54.0 Å². The van der Waals surface area contributed by atoms with Crippen molar-refractivity contribution in [2.24, 2.45) is 0 Å². The van der Waals surface area contributed by atoms with E-state index in [2.05, 4.69) is 34.7 Å². The predicted octanol–water partition coefficient (Wildman–Crippen LogP) is 4.39. The summed E-state index contributed by atoms with van der Waals surface area (Å²) in [5, 5.41) is 5.95. The molecule has 1 amide bonds. The van der Waals surface area contributed by atoms with Crippen LogP contribution in [0.1, 0.15) is 21.5 Å². The summed E-state index contributed by atoms with van der Waals surface area (Å²) >= 11 is 0. The Kier molecular flexibility index (Phi) is 5.04. The summed E-state index contributed by atoms with van der Waals surface area (Å²) in [6.45, 7) is 2.77. The van der Waals surface area contributed by atoms with E-state index in [-0.39, 0.29) is 5.56 Å². The van der Waals surface area contributed by atoms with Crippen molar-refractivity contribution in [1.82, 2.24) is 4.98 Å². The normalized spacial score (nSPS) is 10.3. The van der Waals surface area contributed by atoms with Crippen LogP contribution in [0.2, 0.25) is 0 Å². The van der Waals surface area contributed by atoms with E-state index in [1.165, 1.54) is 29.3 Å². The number of anilines is 2. The van der Waals surface area contributed by atoms with Crippen LogP contribution >= 0.6 is 0 Å². The van der Waals surface area contributed by atoms with Crippen LogP contribution < -0.4 is 10.6 Å². The van der Waals surface area contributed by atoms with Gasteiger partial charge in [0.25, 0.3) is 5.91 Å². The zero-order valence-electron chi connectivity index (χ0n) is 13.8. The molecule has 0 aliphatic heterocycles. The molecule has 4 nitrogen and oxygen atoms in total. The summed E-state index contributed by atoms with van der Waals surface area (Å²) < 4.78 is 13.2. The number of benzene rings is 2. The fourth-order valence-corrected chi connectivity index (χ4v) is 2.40. The molecule has 0 saturated heterocycles. The van der Waals surface area contributed by atoms with Gasteiger partial charge in [0.05, 0.1) is 11.9 Å². The summed E-state index contributed by atoms with van der Waals surface area (Å²) in [4.78, 5) is 16.3. The van der Waals surface area contributed by atoms with E-state index in [0.29, 0.717) is 12.4 Å². The van der Waals surface area contributed by atoms with Crippen LogP contribution in [0.15, 0.2) is 66.9 Å². The van der Waals surface area contributed by atoms with E-state index in [0.717, 1.165) is 5.69 Å². The molecule has 1 heterocycles. The highest BCUT2D eigenvalue weighted by Gasteiger charge is 2.07. The fourth-order valence-electron chi connectivity index (χ4n) is 2.40. The summed E-state index contributed by atoms with van der Waals surface area (Å²) in [6, 6.07) is 17.2. The van der Waals surface area contributed by atoms with Crippen LogP contribution in [-0.2, 0) is 6.54 Å². The molecule has 2 aromatic carbocycles. The SMILES string of the molecule is Cc1ccccc1CNc1ccc(NC(=O)c2cccc(F)c2)nc1. The third kappa shape index (κ3) is 4.41. The Balaban J connectivity index is 1.60. The van der Waals surface area contributed by atoms with Crippen molar-refractivity contribution in [3.05, 3.63) is 89.4 Å². The third-order valence-electron chi connectivity index (χ3n) is 3.84. The smallest absolute Gasteiger partial charge is 0.256 e. The molecule has 25 heavy (non-hydrogen) atoms. The monoisotopic (exact) mass is 335 g/mol. The number of hydrogen-bond acceptors (Lipinski definition) is 3. The van der Waals surface area contributed by atoms with Gasteiger partial charge in [0.2, 0.25) is 0 Å². The maximum atomic E-state index is 13.2. The predicted molar refractivity (Wildman–Crippen MR) is 97.1 cm³/mol. The van der Waals surface area contributed by atoms with Gasteiger partial charge in [-0.3, -0.25) is 4.79 Å². The molecule has 0 unspecified atom stereocenters. The second kappa shape index (κ2) is 7.57. The number of aryl methyl sites for hydroxylation is 1. The van der Waals surface area contributed by atoms with Crippen molar-refractivity contribution in [3.8, 4) is 0 Å². The van der Waals surface area contributed by atoms with Gasteiger partial charge in [0.1, 0.15) is 11.6 Å². The van der Waals surface area contributed by atoms with Crippen LogP contribution in [0.5, 0.6) is 0 Å². The summed E-state index contributed by atoms with van der Waals surface area (Å²) in [7, 11) is 0. The van der Waals surface area contributed by atoms with Gasteiger partial charge in [0.15, 0.2) is 0 Å². The molecule has 0 aliphatic carbocycles. The number of aromatic nitrogens is 1. The minimum absolute atomic E-state index is 0.253. The van der Waals surface area contributed by atoms with E-state index < -0.39 is 11.7 Å². The molecule has 3 rings (SSSR count). The van der Waals surface area contributed by atoms with Gasteiger partial charge < -0.3 is 10.6 Å². The highest BCUT2D eigenvalue weighted by Crippen LogP contribution is 2.14. The van der Waals surface area contributed by atoms with Gasteiger partial charge in [-0.2, -0.15) is 0 Å². The number of nitrogens with one attached hydrogen (secondary N) is 2. The molecule has 0 aliphatic rings. The number of nitrogens with zero attached hydrogens (tertiary/aromatic N) is 1. The Morgan fingerprint density at radius 3 is 2.64 bits per heavy atom. The first-order chi connectivity index (χ1) is 12.1. The quantitative estimate of drug-likeness (QED) is 0.727. The average molecular weight is 335 g/mol. The van der Waals surface area contributed by atoms with Crippen molar-refractivity contribution < 1.29 is 9.18 Å². The Morgan fingerprint density at radius 2 is 1.92 bits per heavy atom. The molecule has 0 fully saturated rings. The molecule has 0 saturated carbocycles. The van der Waals surface area contributed by atoms with E-state index in [1.54, 1.807) is 18.3 Å². The lowest BCUT2D eigenvalue weighted by molar-refractivity contribution is 0.102. The van der Waals surface area contributed by atoms with Crippen molar-refractivity contribution >= 4 is 17.4 Å². The van der Waals surface area contributed by atoms with Gasteiger partial charge in [-0.15, -0.1) is 0 Å². The van der Waals surface area contributed by atoms with Crippen LogP contribution in [-0.4, -0.2) is 10.9 Å². The highest BCUT2D eigenvalue weighted by atomic mass is 19.1. The average Bonchev–Trinajstić information content (AvgIpc) is 2.62. The molecule has 0 bridgehead atoms. The van der Waals surface area contributed by atoms with Gasteiger partial charge in [-0.1, -0.05) is 30.3 Å². The number of carbonyl (C=O) groups is 1. The number of carbonyl (C=O) groups excluding carboxylic acids is 1. The molecule has 126 valence electrons. The van der Waals surface area contributed by atoms with Crippen molar-refractivity contribution in [1.29, 1.82) is 0 Å². The van der Waals surface area contributed by atoms with Crippen LogP contribution in [0.4, 0.5) is 15.9 Å². The highest BCUT2D eigenvalue weighted by molar-refractivity contribution is 6.03. The first kappa shape index (κ1) is 16.6. The molecular weight excluding hydrogens is 317 g/mol. The number of halogens is 1. The van der Waals surface area contributed by atoms with E-state index in [4.69, 9.17) is 0 Å². The molecule has 0 atom stereocenters. The Bertz CT molecular complexity index is 878. The number of pyridine rings is 1. The Hall–Kier alpha value is -3.21. The van der Waals surface area contributed by atoms with Gasteiger partial charge in [-0.05, 0) is 48.4 Å². The minimum atomic E-state index is -0.448. The first-order valence-corrected chi connectivity index (χ1v) is 7.93. The van der Waals surface area contributed by atoms with E-state index in [9.17, 15) is 9.18 Å². The largest absolute Gasteiger partial charge is 0.380 e. The minimum Gasteiger partial charge on any atom is -0.380 e. The van der Waals surface area contributed by atoms with Crippen LogP contribution in [0, 0.1) is 12.7 Å². The number of amides is 1. The van der Waals surface area contributed by atoms with E-state index in [1.807, 2.05) is 18.2 Å². The van der Waals surface area contributed by atoms with E-state index >= 15 is 0 Å². The van der Waals surface area contributed by atoms with Crippen LogP contribution in [0.3, 0.4) is 0 Å². The van der Waals surface area contributed by atoms with Gasteiger partial charge in [-0.25, -0.2) is 9.37 Å². The summed E-state index contributed by atoms with van der Waals surface area (Å²) in [6.07, 6.45) is 1.65. The van der Waals surface area contributed by atoms with Crippen molar-refractivity contribution in [2.45, 2.75) is 13.5 Å². The molecule has 2 N–H and O–H groups in total. The lowest BCUT2D eigenvalue weighted by Crippen LogP contribution is -2.13. The Labute approximate surface area is 145 Å². The molecule has 1 aromatic heterocycles. The third-order valence-corrected chi connectivity index (χ3v) is 3.84. The maximum absolute atomic E-state index is 13.2. The van der Waals surface area contributed by atoms with Gasteiger partial charge in [0, 0.05) is 12.1 Å². The molecular formula is C20H18FN3O. The summed E-state index contributed by atoms with van der Waals surface area (Å²) in [5.41, 5.74) is 3.54. The maximum Gasteiger partial charge on any atom is 0.256 e. The molecule has 5 heteroatoms. The fraction of sp³-hybridized carbons (Fsp3) is 0.100. The second-order valence-electron chi connectivity index (χ2n) is 5.68. The standard InChI is InChI=1S/C20H18FN3O/c1-14-5-2-3-6-16(14)12-22-18-9-10-19(23-13-18)24-20(25)15-7-4-8-17(21)11-15/h2-11,13,22H,12H2,1H3,(H,23,24,25). The van der Waals surface area contributed by atoms with Crippen molar-refractivity contribution in [2.75, 3.05) is 10.6 Å². The number of hydrogen-bond donors (Lipinski definition) is 2. The summed E-state index contributed by atoms with van der Waals surface area (Å²) in [5.74, 6) is -0.431. The zero-order valence-corrected chi connectivity index (χ0v) is 13.8. The molecule has 0 radical (unpaired) electrons. The molecule has 3 aromatic rings. The Morgan fingerprint density at radius 1 is 1.08 bits per heavy atom. The van der Waals surface area contributed by atoms with Crippen molar-refractivity contribution in [3.63, 3.8) is 0 Å². The lowest BCUT2D eigenvalue weighted by atomic mass is 10.1. The second-order valence-corrected chi connectivity index (χ2v) is 5.68. The van der Waals surface area contributed by atoms with Gasteiger partial charge >= 0.3 is 0 Å². The lowest BCUT2D eigenvalue weighted by Gasteiger charge is -2.10. The number of rotatable bonds is 5. The molecule has 0 spiro atoms. The first-order valence-electron chi connectivity index (χ1n) is 7.93.